The van der Waals surface area contributed by atoms with E-state index in [0.717, 1.165) is 0 Å². The Bertz CT molecular complexity index is 164. The van der Waals surface area contributed by atoms with E-state index < -0.39 is 0 Å². The van der Waals surface area contributed by atoms with E-state index in [1.165, 1.54) is 12.0 Å². The highest BCUT2D eigenvalue weighted by atomic mass is 14.0. The average Bonchev–Trinajstić information content (AvgIpc) is 1.88. The third kappa shape index (κ3) is 4.21. The number of hydrogen-bond acceptors (Lipinski definition) is 0. The van der Waals surface area contributed by atoms with Crippen LogP contribution in [-0.4, -0.2) is 0 Å². The van der Waals surface area contributed by atoms with Crippen LogP contribution in [-0.2, 0) is 0 Å². The van der Waals surface area contributed by atoms with E-state index >= 15 is 0 Å². The van der Waals surface area contributed by atoms with Gasteiger partial charge in [-0.05, 0) is 25.3 Å². The third-order valence-electron chi connectivity index (χ3n) is 1.50. The lowest BCUT2D eigenvalue weighted by molar-refractivity contribution is 0.695. The van der Waals surface area contributed by atoms with Gasteiger partial charge in [-0.2, -0.15) is 0 Å². The second-order valence-corrected chi connectivity index (χ2v) is 2.61. The molecule has 0 saturated heterocycles. The summed E-state index contributed by atoms with van der Waals surface area (Å²) in [6, 6.07) is 0. The highest BCUT2D eigenvalue weighted by molar-refractivity contribution is 5.25. The van der Waals surface area contributed by atoms with Crippen molar-refractivity contribution >= 4 is 0 Å². The van der Waals surface area contributed by atoms with E-state index in [-0.39, 0.29) is 0 Å². The summed E-state index contributed by atoms with van der Waals surface area (Å²) < 4.78 is 0. The second-order valence-electron chi connectivity index (χ2n) is 2.61. The molecule has 0 aliphatic rings. The molecule has 0 N–H and O–H groups in total. The quantitative estimate of drug-likeness (QED) is 0.512. The summed E-state index contributed by atoms with van der Waals surface area (Å²) in [7, 11) is 0. The smallest absolute Gasteiger partial charge is 0.00234 e. The number of rotatable bonds is 2. The number of hydrogen-bond donors (Lipinski definition) is 0. The minimum absolute atomic E-state index is 0.667. The Kier molecular flexibility index (Phi) is 4.76. The molecule has 0 nitrogen and oxygen atoms in total. The van der Waals surface area contributed by atoms with E-state index in [1.807, 2.05) is 6.92 Å². The molecular weight excluding hydrogens is 120 g/mol. The van der Waals surface area contributed by atoms with Crippen LogP contribution >= 0.6 is 0 Å². The van der Waals surface area contributed by atoms with Crippen LogP contribution in [0.3, 0.4) is 0 Å². The van der Waals surface area contributed by atoms with Gasteiger partial charge in [0.25, 0.3) is 0 Å². The molecule has 0 aromatic carbocycles. The molecule has 0 amide bonds. The highest BCUT2D eigenvalue weighted by Gasteiger charge is 1.91. The molecule has 56 valence electrons. The Hall–Kier alpha value is -0.700. The standard InChI is InChI=1S/C10H16/c1-5-7-10(4)8-9(3)6-2/h8-9H,6H2,1-4H3/b10-8+/t9-/m0/s1. The van der Waals surface area contributed by atoms with Crippen molar-refractivity contribution in [2.45, 2.75) is 34.1 Å². The van der Waals surface area contributed by atoms with Crippen LogP contribution in [0.2, 0.25) is 0 Å². The van der Waals surface area contributed by atoms with Crippen LogP contribution < -0.4 is 0 Å². The normalized spacial score (nSPS) is 13.8. The van der Waals surface area contributed by atoms with E-state index in [0.29, 0.717) is 5.92 Å². The van der Waals surface area contributed by atoms with Crippen molar-refractivity contribution in [1.82, 2.24) is 0 Å². The predicted octanol–water partition coefficient (Wildman–Crippen LogP) is 3.00. The minimum Gasteiger partial charge on any atom is -0.102 e. The van der Waals surface area contributed by atoms with Crippen molar-refractivity contribution in [1.29, 1.82) is 0 Å². The van der Waals surface area contributed by atoms with Crippen LogP contribution in [0.15, 0.2) is 11.6 Å². The van der Waals surface area contributed by atoms with Gasteiger partial charge in [-0.1, -0.05) is 32.3 Å². The van der Waals surface area contributed by atoms with Gasteiger partial charge < -0.3 is 0 Å². The maximum Gasteiger partial charge on any atom is -0.00234 e. The van der Waals surface area contributed by atoms with Crippen LogP contribution in [0.1, 0.15) is 34.1 Å². The van der Waals surface area contributed by atoms with Gasteiger partial charge in [0.05, 0.1) is 0 Å². The molecule has 1 atom stereocenters. The maximum absolute atomic E-state index is 3.02. The second kappa shape index (κ2) is 5.11. The first-order valence-corrected chi connectivity index (χ1v) is 3.81. The Morgan fingerprint density at radius 3 is 2.60 bits per heavy atom. The molecule has 0 saturated carbocycles. The molecule has 0 aromatic rings. The van der Waals surface area contributed by atoms with Crippen LogP contribution in [0.25, 0.3) is 0 Å². The molecule has 0 aromatic heterocycles. The largest absolute Gasteiger partial charge is 0.102 e. The summed E-state index contributed by atoms with van der Waals surface area (Å²) in [5.74, 6) is 6.57. The molecule has 0 spiro atoms. The van der Waals surface area contributed by atoms with Gasteiger partial charge >= 0.3 is 0 Å². The van der Waals surface area contributed by atoms with Crippen molar-refractivity contribution in [3.63, 3.8) is 0 Å². The molecule has 0 rings (SSSR count). The van der Waals surface area contributed by atoms with Crippen LogP contribution in [0, 0.1) is 17.8 Å². The first kappa shape index (κ1) is 9.30. The van der Waals surface area contributed by atoms with Crippen molar-refractivity contribution in [3.05, 3.63) is 11.6 Å². The van der Waals surface area contributed by atoms with Crippen molar-refractivity contribution in [2.75, 3.05) is 0 Å². The Morgan fingerprint density at radius 1 is 1.60 bits per heavy atom. The Labute approximate surface area is 64.3 Å². The SMILES string of the molecule is CC#C/C(C)=C/[C@@H](C)CC. The van der Waals surface area contributed by atoms with Crippen LogP contribution in [0.4, 0.5) is 0 Å². The van der Waals surface area contributed by atoms with E-state index in [9.17, 15) is 0 Å². The summed E-state index contributed by atoms with van der Waals surface area (Å²) in [4.78, 5) is 0. The molecular formula is C10H16. The molecule has 0 unspecified atom stereocenters. The molecule has 0 heteroatoms. The van der Waals surface area contributed by atoms with Gasteiger partial charge in [0.15, 0.2) is 0 Å². The fraction of sp³-hybridized carbons (Fsp3) is 0.600. The lowest BCUT2D eigenvalue weighted by atomic mass is 10.1. The zero-order valence-corrected chi connectivity index (χ0v) is 7.36. The monoisotopic (exact) mass is 136 g/mol. The van der Waals surface area contributed by atoms with Gasteiger partial charge in [0, 0.05) is 0 Å². The fourth-order valence-corrected chi connectivity index (χ4v) is 0.783. The van der Waals surface area contributed by atoms with E-state index in [4.69, 9.17) is 0 Å². The zero-order valence-electron chi connectivity index (χ0n) is 7.36. The molecule has 0 aliphatic heterocycles. The lowest BCUT2D eigenvalue weighted by Crippen LogP contribution is -1.85. The van der Waals surface area contributed by atoms with Crippen molar-refractivity contribution in [2.24, 2.45) is 5.92 Å². The summed E-state index contributed by atoms with van der Waals surface area (Å²) in [6.45, 7) is 8.32. The minimum atomic E-state index is 0.667. The van der Waals surface area contributed by atoms with E-state index in [2.05, 4.69) is 38.7 Å². The molecule has 0 heterocycles. The molecule has 0 fully saturated rings. The Balaban J connectivity index is 3.97. The highest BCUT2D eigenvalue weighted by Crippen LogP contribution is 2.05. The van der Waals surface area contributed by atoms with Gasteiger partial charge in [-0.25, -0.2) is 0 Å². The molecule has 0 radical (unpaired) electrons. The van der Waals surface area contributed by atoms with E-state index in [1.54, 1.807) is 0 Å². The molecule has 10 heavy (non-hydrogen) atoms. The first-order valence-electron chi connectivity index (χ1n) is 3.81. The van der Waals surface area contributed by atoms with Crippen LogP contribution in [0.5, 0.6) is 0 Å². The van der Waals surface area contributed by atoms with Gasteiger partial charge in [-0.3, -0.25) is 0 Å². The Morgan fingerprint density at radius 2 is 2.20 bits per heavy atom. The van der Waals surface area contributed by atoms with Gasteiger partial charge in [0.2, 0.25) is 0 Å². The summed E-state index contributed by atoms with van der Waals surface area (Å²) in [6.07, 6.45) is 3.42. The topological polar surface area (TPSA) is 0 Å². The number of allylic oxidation sites excluding steroid dienone is 2. The van der Waals surface area contributed by atoms with Crippen molar-refractivity contribution in [3.8, 4) is 11.8 Å². The zero-order chi connectivity index (χ0) is 7.98. The third-order valence-corrected chi connectivity index (χ3v) is 1.50. The molecule has 0 aliphatic carbocycles. The van der Waals surface area contributed by atoms with Gasteiger partial charge in [0.1, 0.15) is 0 Å². The first-order chi connectivity index (χ1) is 4.70. The fourth-order valence-electron chi connectivity index (χ4n) is 0.783. The maximum atomic E-state index is 3.02. The predicted molar refractivity (Wildman–Crippen MR) is 46.7 cm³/mol. The summed E-state index contributed by atoms with van der Waals surface area (Å²) >= 11 is 0. The lowest BCUT2D eigenvalue weighted by Gasteiger charge is -1.99. The molecule has 0 bridgehead atoms. The van der Waals surface area contributed by atoms with Crippen molar-refractivity contribution < 1.29 is 0 Å². The average molecular weight is 136 g/mol. The summed E-state index contributed by atoms with van der Waals surface area (Å²) in [5.41, 5.74) is 1.19. The van der Waals surface area contributed by atoms with Gasteiger partial charge in [-0.15, -0.1) is 5.92 Å². The summed E-state index contributed by atoms with van der Waals surface area (Å²) in [5, 5.41) is 0.